The van der Waals surface area contributed by atoms with Crippen molar-refractivity contribution in [1.29, 1.82) is 0 Å². The summed E-state index contributed by atoms with van der Waals surface area (Å²) < 4.78 is 42.4. The van der Waals surface area contributed by atoms with E-state index in [1.54, 1.807) is 72.8 Å². The molecule has 9 heteroatoms. The van der Waals surface area contributed by atoms with E-state index >= 15 is 0 Å². The third-order valence-electron chi connectivity index (χ3n) is 12.4. The zero-order valence-corrected chi connectivity index (χ0v) is 43.0. The minimum Gasteiger partial charge on any atom is -0.508 e. The lowest BCUT2D eigenvalue weighted by Gasteiger charge is -2.10. The number of benzene rings is 11. The molecule has 0 aliphatic carbocycles. The second-order valence-electron chi connectivity index (χ2n) is 18.1. The maximum absolute atomic E-state index is 12.8. The van der Waals surface area contributed by atoms with Crippen LogP contribution in [-0.2, 0) is 11.1 Å². The Bertz CT molecular complexity index is 3550. The molecule has 1 atom stereocenters. The lowest BCUT2D eigenvalue weighted by Crippen LogP contribution is -2.01. The molecule has 0 spiro atoms. The lowest BCUT2D eigenvalue weighted by molar-refractivity contribution is 0.469. The molecule has 0 bridgehead atoms. The molecule has 2 N–H and O–H groups in total. The Kier molecular flexibility index (Phi) is 15.8. The van der Waals surface area contributed by atoms with Gasteiger partial charge in [0, 0.05) is 0 Å². The van der Waals surface area contributed by atoms with Crippen LogP contribution in [0.3, 0.4) is 0 Å². The van der Waals surface area contributed by atoms with E-state index in [1.807, 2.05) is 133 Å². The lowest BCUT2D eigenvalue weighted by atomic mass is 10.0. The molecule has 0 fully saturated rings. The minimum absolute atomic E-state index is 0.234. The van der Waals surface area contributed by atoms with Crippen LogP contribution in [0.25, 0.3) is 44.5 Å². The Morgan fingerprint density at radius 3 is 0.675 bits per heavy atom. The molecule has 0 radical (unpaired) electrons. The largest absolute Gasteiger partial charge is 0.508 e. The van der Waals surface area contributed by atoms with Crippen molar-refractivity contribution in [3.05, 3.63) is 278 Å². The highest BCUT2D eigenvalue weighted by atomic mass is 32.2. The molecule has 0 amide bonds. The summed E-state index contributed by atoms with van der Waals surface area (Å²) in [6, 6.07) is 84.2. The van der Waals surface area contributed by atoms with Crippen LogP contribution < -0.4 is 23.1 Å². The van der Waals surface area contributed by atoms with Gasteiger partial charge in [0.1, 0.15) is 63.2 Å². The molecule has 0 saturated heterocycles. The number of phenolic OH excluding ortho intramolecular Hbond substituents is 2. The van der Waals surface area contributed by atoms with Gasteiger partial charge in [0.2, 0.25) is 11.1 Å². The van der Waals surface area contributed by atoms with Crippen molar-refractivity contribution in [2.75, 3.05) is 0 Å². The summed E-state index contributed by atoms with van der Waals surface area (Å²) in [5.74, 6) is 6.66. The Balaban J connectivity index is 0.000000179. The Labute approximate surface area is 450 Å². The maximum Gasteiger partial charge on any atom is 0.240 e. The quantitative estimate of drug-likeness (QED) is 0.105. The van der Waals surface area contributed by atoms with Gasteiger partial charge in [-0.25, -0.2) is 4.21 Å². The summed E-state index contributed by atoms with van der Waals surface area (Å²) >= 11 is -1.70. The highest BCUT2D eigenvalue weighted by Crippen LogP contribution is 2.33. The van der Waals surface area contributed by atoms with Crippen LogP contribution in [0.1, 0.15) is 11.1 Å². The number of phenols is 2. The molecule has 77 heavy (non-hydrogen) atoms. The number of ether oxygens (including phenoxy) is 4. The normalized spacial score (nSPS) is 11.1. The van der Waals surface area contributed by atoms with Gasteiger partial charge in [0.25, 0.3) is 0 Å². The molecule has 0 aromatic heterocycles. The summed E-state index contributed by atoms with van der Waals surface area (Å²) in [5, 5.41) is 18.9. The number of rotatable bonds is 15. The molecular formula is C68H52O8S. The molecule has 0 aliphatic heterocycles. The fourth-order valence-electron chi connectivity index (χ4n) is 8.10. The average molecular weight is 1030 g/mol. The number of aromatic hydroxyl groups is 2. The monoisotopic (exact) mass is 1030 g/mol. The molecule has 11 rings (SSSR count). The Hall–Kier alpha value is -9.83. The van der Waals surface area contributed by atoms with Gasteiger partial charge in [-0.15, -0.1) is 0 Å². The van der Waals surface area contributed by atoms with Crippen molar-refractivity contribution >= 4 is 11.1 Å². The highest BCUT2D eigenvalue weighted by Gasteiger charge is 2.10. The standard InChI is InChI=1S/C37H28O5S.C31H24O3/c1-26-2-4-27(5-3-26)29-8-14-32(15-9-29)40-34-18-20-36(21-19-34)42-43(39)37-24-22-35(23-25-37)41-33-16-10-30(11-17-33)28-6-12-31(38)13-7-28;1-22-2-4-23(5-3-22)25-8-14-28(15-9-25)33-30-18-20-31(21-19-30)34-29-16-10-26(11-17-29)24-6-12-27(32)13-7-24/h2-25,38H,1H3;2-21,32H,1H3. The SMILES string of the molecule is Cc1ccc(-c2ccc(Oc3ccc(OS(=O)c4ccc(Oc5ccc(-c6ccc(O)cc6)cc5)cc4)cc3)cc2)cc1.Cc1ccc(-c2ccc(Oc3ccc(Oc4ccc(-c5ccc(O)cc5)cc4)cc3)cc2)cc1. The second kappa shape index (κ2) is 24.0. The van der Waals surface area contributed by atoms with E-state index in [2.05, 4.69) is 74.5 Å². The highest BCUT2D eigenvalue weighted by molar-refractivity contribution is 7.80. The first-order chi connectivity index (χ1) is 37.6. The topological polar surface area (TPSA) is 104 Å². The number of aryl methyl sites for hydroxylation is 2. The van der Waals surface area contributed by atoms with Crippen molar-refractivity contribution in [3.63, 3.8) is 0 Å². The molecule has 0 saturated carbocycles. The van der Waals surface area contributed by atoms with E-state index in [0.29, 0.717) is 27.9 Å². The summed E-state index contributed by atoms with van der Waals surface area (Å²) in [4.78, 5) is 0.518. The van der Waals surface area contributed by atoms with Gasteiger partial charge in [-0.2, -0.15) is 0 Å². The minimum atomic E-state index is -1.70. The zero-order chi connectivity index (χ0) is 52.9. The fourth-order valence-corrected chi connectivity index (χ4v) is 8.84. The van der Waals surface area contributed by atoms with E-state index in [9.17, 15) is 14.4 Å². The van der Waals surface area contributed by atoms with Crippen molar-refractivity contribution < 1.29 is 37.6 Å². The van der Waals surface area contributed by atoms with Crippen LogP contribution >= 0.6 is 0 Å². The summed E-state index contributed by atoms with van der Waals surface area (Å²) in [6.07, 6.45) is 0. The van der Waals surface area contributed by atoms with Gasteiger partial charge in [0.15, 0.2) is 0 Å². The molecule has 8 nitrogen and oxygen atoms in total. The third-order valence-corrected chi connectivity index (χ3v) is 13.4. The van der Waals surface area contributed by atoms with Gasteiger partial charge in [-0.05, 0) is 204 Å². The first-order valence-corrected chi connectivity index (χ1v) is 25.9. The molecule has 378 valence electrons. The van der Waals surface area contributed by atoms with E-state index < -0.39 is 11.1 Å². The second-order valence-corrected chi connectivity index (χ2v) is 19.2. The van der Waals surface area contributed by atoms with Crippen LogP contribution in [-0.4, -0.2) is 14.4 Å². The van der Waals surface area contributed by atoms with Crippen LogP contribution in [0, 0.1) is 13.8 Å². The van der Waals surface area contributed by atoms with E-state index in [-0.39, 0.29) is 11.5 Å². The van der Waals surface area contributed by atoms with Gasteiger partial charge < -0.3 is 33.3 Å². The summed E-state index contributed by atoms with van der Waals surface area (Å²) in [7, 11) is 0. The number of hydrogen-bond acceptors (Lipinski definition) is 8. The van der Waals surface area contributed by atoms with Gasteiger partial charge in [-0.3, -0.25) is 0 Å². The van der Waals surface area contributed by atoms with Crippen molar-refractivity contribution in [1.82, 2.24) is 0 Å². The van der Waals surface area contributed by atoms with Crippen molar-refractivity contribution in [2.24, 2.45) is 0 Å². The first kappa shape index (κ1) is 50.7. The smallest absolute Gasteiger partial charge is 0.240 e. The number of hydrogen-bond donors (Lipinski definition) is 2. The van der Waals surface area contributed by atoms with Gasteiger partial charge >= 0.3 is 0 Å². The molecule has 0 aliphatic rings. The van der Waals surface area contributed by atoms with E-state index in [1.165, 1.54) is 16.7 Å². The first-order valence-electron chi connectivity index (χ1n) is 24.9. The molecule has 1 unspecified atom stereocenters. The molecule has 0 heterocycles. The van der Waals surface area contributed by atoms with Crippen molar-refractivity contribution in [3.8, 4) is 108 Å². The van der Waals surface area contributed by atoms with Gasteiger partial charge in [-0.1, -0.05) is 132 Å². The predicted octanol–water partition coefficient (Wildman–Crippen LogP) is 18.3. The molecule has 11 aromatic rings. The van der Waals surface area contributed by atoms with E-state index in [4.69, 9.17) is 23.1 Å². The summed E-state index contributed by atoms with van der Waals surface area (Å²) in [5.41, 5.74) is 11.2. The van der Waals surface area contributed by atoms with Crippen LogP contribution in [0.5, 0.6) is 63.2 Å². The zero-order valence-electron chi connectivity index (χ0n) is 42.2. The maximum atomic E-state index is 12.8. The summed E-state index contributed by atoms with van der Waals surface area (Å²) in [6.45, 7) is 4.16. The third kappa shape index (κ3) is 13.9. The van der Waals surface area contributed by atoms with Crippen LogP contribution in [0.2, 0.25) is 0 Å². The Morgan fingerprint density at radius 1 is 0.247 bits per heavy atom. The van der Waals surface area contributed by atoms with Gasteiger partial charge in [0.05, 0.1) is 4.90 Å². The molecule has 11 aromatic carbocycles. The van der Waals surface area contributed by atoms with Crippen LogP contribution in [0.4, 0.5) is 0 Å². The van der Waals surface area contributed by atoms with E-state index in [0.717, 1.165) is 67.7 Å². The van der Waals surface area contributed by atoms with Crippen LogP contribution in [0.15, 0.2) is 272 Å². The fraction of sp³-hybridized carbons (Fsp3) is 0.0294. The molecular weight excluding hydrogens is 977 g/mol. The van der Waals surface area contributed by atoms with Crippen molar-refractivity contribution in [2.45, 2.75) is 18.7 Å². The predicted molar refractivity (Wildman–Crippen MR) is 307 cm³/mol. The Morgan fingerprint density at radius 2 is 0.429 bits per heavy atom. The average Bonchev–Trinajstić information content (AvgIpc) is 3.46.